The molecule has 0 bridgehead atoms. The van der Waals surface area contributed by atoms with E-state index in [1.54, 1.807) is 20.8 Å². The number of ether oxygens (including phenoxy) is 4. The number of imidazole rings is 1. The molecular weight excluding hydrogens is 637 g/mol. The first-order valence-corrected chi connectivity index (χ1v) is 17.4. The van der Waals surface area contributed by atoms with E-state index in [0.29, 0.717) is 5.52 Å². The number of aliphatic hydroxyl groups excluding tert-OH is 2. The van der Waals surface area contributed by atoms with Crippen LogP contribution in [0.4, 0.5) is 5.95 Å². The Morgan fingerprint density at radius 1 is 0.957 bits per heavy atom. The zero-order valence-electron chi connectivity index (χ0n) is 28.7. The van der Waals surface area contributed by atoms with Crippen LogP contribution in [-0.4, -0.2) is 99.0 Å². The predicted octanol–water partition coefficient (Wildman–Crippen LogP) is 2.32. The molecule has 6 N–H and O–H groups in total. The lowest BCUT2D eigenvalue weighted by Gasteiger charge is -2.32. The third kappa shape index (κ3) is 11.9. The molecule has 0 saturated carbocycles. The fourth-order valence-corrected chi connectivity index (χ4v) is 6.52. The lowest BCUT2D eigenvalue weighted by atomic mass is 10.1. The number of nitrogen functional groups attached to an aromatic ring is 1. The van der Waals surface area contributed by atoms with Gasteiger partial charge >= 0.3 is 19.6 Å². The van der Waals surface area contributed by atoms with Gasteiger partial charge < -0.3 is 39.4 Å². The molecule has 2 aromatic heterocycles. The van der Waals surface area contributed by atoms with E-state index in [4.69, 9.17) is 29.2 Å². The topological polar surface area (TPSA) is 232 Å². The molecule has 2 heterocycles. The molecule has 6 atom stereocenters. The van der Waals surface area contributed by atoms with Gasteiger partial charge in [0.2, 0.25) is 11.8 Å². The van der Waals surface area contributed by atoms with E-state index in [2.05, 4.69) is 25.1 Å². The molecule has 0 spiro atoms. The molecule has 0 radical (unpaired) electrons. The fraction of sp³-hybridized carbons (Fsp3) is 0.759. The number of nitrogens with one attached hydrogen (secondary N) is 2. The van der Waals surface area contributed by atoms with Crippen molar-refractivity contribution in [1.29, 1.82) is 0 Å². The first-order valence-electron chi connectivity index (χ1n) is 15.7. The number of aromatic nitrogens is 4. The second-order valence-electron chi connectivity index (χ2n) is 11.9. The van der Waals surface area contributed by atoms with Gasteiger partial charge in [-0.15, -0.1) is 0 Å². The van der Waals surface area contributed by atoms with Crippen LogP contribution in [0.3, 0.4) is 0 Å². The van der Waals surface area contributed by atoms with Crippen molar-refractivity contribution >= 4 is 36.7 Å². The van der Waals surface area contributed by atoms with Gasteiger partial charge in [-0.3, -0.25) is 18.7 Å². The molecular formula is C29H52N7O10P. The maximum atomic E-state index is 14.6. The number of anilines is 1. The Morgan fingerprint density at radius 3 is 1.94 bits per heavy atom. The summed E-state index contributed by atoms with van der Waals surface area (Å²) in [6.07, 6.45) is -3.12. The summed E-state index contributed by atoms with van der Waals surface area (Å²) in [5, 5.41) is 26.8. The normalized spacial score (nSPS) is 16.1. The SMILES string of the molecule is CCOC(=O)[C@@H](CC(C)C)NP(=O)(N[C@H](CC(C)C)C(=O)OCC)OC[C@@H](OC(C)n1cnc2c(OC)nc(N)nc21)C(O)C(C)O. The Labute approximate surface area is 275 Å². The molecule has 0 aromatic carbocycles. The van der Waals surface area contributed by atoms with Gasteiger partial charge in [-0.2, -0.15) is 9.97 Å². The molecule has 0 saturated heterocycles. The van der Waals surface area contributed by atoms with Crippen molar-refractivity contribution in [3.8, 4) is 5.88 Å². The van der Waals surface area contributed by atoms with Gasteiger partial charge in [-0.05, 0) is 52.4 Å². The molecule has 0 aliphatic heterocycles. The van der Waals surface area contributed by atoms with E-state index in [1.807, 2.05) is 27.7 Å². The molecule has 2 aromatic rings. The minimum atomic E-state index is -4.33. The summed E-state index contributed by atoms with van der Waals surface area (Å²) in [6.45, 7) is 13.4. The van der Waals surface area contributed by atoms with Gasteiger partial charge in [0.1, 0.15) is 30.5 Å². The number of carbonyl (C=O) groups is 2. The van der Waals surface area contributed by atoms with Gasteiger partial charge in [0.25, 0.3) is 0 Å². The number of fused-ring (bicyclic) bond motifs is 1. The molecule has 18 heteroatoms. The first-order chi connectivity index (χ1) is 22.0. The van der Waals surface area contributed by atoms with E-state index in [9.17, 15) is 24.4 Å². The Bertz CT molecular complexity index is 1300. The summed E-state index contributed by atoms with van der Waals surface area (Å²) in [4.78, 5) is 38.4. The zero-order valence-corrected chi connectivity index (χ0v) is 29.6. The molecule has 2 rings (SSSR count). The number of rotatable bonds is 21. The summed E-state index contributed by atoms with van der Waals surface area (Å²) >= 11 is 0. The minimum Gasteiger partial charge on any atom is -0.479 e. The number of aliphatic hydroxyl groups is 2. The number of nitrogens with zero attached hydrogens (tertiary/aromatic N) is 4. The highest BCUT2D eigenvalue weighted by Crippen LogP contribution is 2.41. The van der Waals surface area contributed by atoms with E-state index in [-0.39, 0.29) is 55.4 Å². The van der Waals surface area contributed by atoms with Crippen molar-refractivity contribution in [2.24, 2.45) is 11.8 Å². The second kappa shape index (κ2) is 18.6. The van der Waals surface area contributed by atoms with Crippen molar-refractivity contribution in [3.05, 3.63) is 6.33 Å². The first kappa shape index (κ1) is 40.3. The fourth-order valence-electron chi connectivity index (χ4n) is 4.69. The van der Waals surface area contributed by atoms with Crippen molar-refractivity contribution in [2.45, 2.75) is 105 Å². The van der Waals surface area contributed by atoms with Gasteiger partial charge in [0.15, 0.2) is 11.2 Å². The van der Waals surface area contributed by atoms with Crippen molar-refractivity contribution < 1.29 is 47.8 Å². The van der Waals surface area contributed by atoms with E-state index >= 15 is 0 Å². The van der Waals surface area contributed by atoms with Crippen molar-refractivity contribution in [2.75, 3.05) is 32.7 Å². The molecule has 268 valence electrons. The highest BCUT2D eigenvalue weighted by atomic mass is 31.2. The van der Waals surface area contributed by atoms with E-state index in [0.717, 1.165) is 0 Å². The molecule has 17 nitrogen and oxygen atoms in total. The maximum Gasteiger partial charge on any atom is 0.342 e. The molecule has 0 amide bonds. The molecule has 0 aliphatic carbocycles. The summed E-state index contributed by atoms with van der Waals surface area (Å²) in [5.74, 6) is -1.26. The highest BCUT2D eigenvalue weighted by molar-refractivity contribution is 7.54. The van der Waals surface area contributed by atoms with Crippen LogP contribution in [0.1, 0.15) is 74.5 Å². The Hall–Kier alpha value is -2.92. The second-order valence-corrected chi connectivity index (χ2v) is 13.8. The largest absolute Gasteiger partial charge is 0.479 e. The number of methoxy groups -OCH3 is 1. The van der Waals surface area contributed by atoms with Crippen LogP contribution in [0.2, 0.25) is 0 Å². The number of carbonyl (C=O) groups excluding carboxylic acids is 2. The van der Waals surface area contributed by atoms with E-state index < -0.39 is 62.8 Å². The van der Waals surface area contributed by atoms with Crippen molar-refractivity contribution in [3.63, 3.8) is 0 Å². The monoisotopic (exact) mass is 689 g/mol. The molecule has 47 heavy (non-hydrogen) atoms. The smallest absolute Gasteiger partial charge is 0.342 e. The lowest BCUT2D eigenvalue weighted by molar-refractivity contribution is -0.146. The lowest BCUT2D eigenvalue weighted by Crippen LogP contribution is -2.47. The van der Waals surface area contributed by atoms with E-state index in [1.165, 1.54) is 24.9 Å². The van der Waals surface area contributed by atoms with Crippen LogP contribution >= 0.6 is 7.67 Å². The van der Waals surface area contributed by atoms with Crippen LogP contribution < -0.4 is 20.6 Å². The van der Waals surface area contributed by atoms with Gasteiger partial charge in [0.05, 0.1) is 39.4 Å². The number of hydrogen-bond donors (Lipinski definition) is 5. The van der Waals surface area contributed by atoms with Gasteiger partial charge in [-0.25, -0.2) is 15.2 Å². The number of nitrogens with two attached hydrogens (primary N) is 1. The summed E-state index contributed by atoms with van der Waals surface area (Å²) in [6, 6.07) is -2.15. The third-order valence-corrected chi connectivity index (χ3v) is 8.68. The maximum absolute atomic E-state index is 14.6. The Kier molecular flexibility index (Phi) is 15.9. The van der Waals surface area contributed by atoms with Crippen LogP contribution in [-0.2, 0) is 32.9 Å². The summed E-state index contributed by atoms with van der Waals surface area (Å²) in [7, 11) is -2.92. The Balaban J connectivity index is 2.48. The average Bonchev–Trinajstić information content (AvgIpc) is 3.41. The van der Waals surface area contributed by atoms with Crippen molar-refractivity contribution in [1.82, 2.24) is 29.7 Å². The molecule has 3 unspecified atom stereocenters. The summed E-state index contributed by atoms with van der Waals surface area (Å²) in [5.41, 5.74) is 6.43. The number of hydrogen-bond acceptors (Lipinski definition) is 14. The third-order valence-electron chi connectivity index (χ3n) is 6.87. The standard InChI is InChI=1S/C29H52N7O10P/c1-10-43-27(39)20(12-16(3)4)34-47(41,35-21(13-17(5)6)28(40)44-11-2)45-14-22(24(38)18(7)37)46-19(8)36-15-31-23-25(36)32-29(30)33-26(23)42-9/h15-22,24,37-38H,10-14H2,1-9H3,(H2,30,32,33)(H2,34,35,41)/t18?,19?,20-,21-,22-,24?/m1/s1. The quantitative estimate of drug-likeness (QED) is 0.0935. The van der Waals surface area contributed by atoms with Gasteiger partial charge in [0, 0.05) is 0 Å². The molecule has 0 fully saturated rings. The summed E-state index contributed by atoms with van der Waals surface area (Å²) < 4.78 is 43.9. The molecule has 0 aliphatic rings. The minimum absolute atomic E-state index is 0.0164. The number of esters is 2. The zero-order chi connectivity index (χ0) is 35.5. The van der Waals surface area contributed by atoms with Crippen LogP contribution in [0.5, 0.6) is 5.88 Å². The Morgan fingerprint density at radius 2 is 1.49 bits per heavy atom. The highest BCUT2D eigenvalue weighted by Gasteiger charge is 2.39. The van der Waals surface area contributed by atoms with Crippen LogP contribution in [0.25, 0.3) is 11.2 Å². The van der Waals surface area contributed by atoms with Crippen LogP contribution in [0.15, 0.2) is 6.33 Å². The van der Waals surface area contributed by atoms with Crippen LogP contribution in [0, 0.1) is 11.8 Å². The van der Waals surface area contributed by atoms with Gasteiger partial charge in [-0.1, -0.05) is 27.7 Å². The average molecular weight is 690 g/mol. The predicted molar refractivity (Wildman–Crippen MR) is 173 cm³/mol.